The maximum Gasteiger partial charge on any atom is 0.264 e. The number of nitriles is 2. The maximum atomic E-state index is 12.2. The smallest absolute Gasteiger partial charge is 0.264 e. The minimum atomic E-state index is -0.209. The summed E-state index contributed by atoms with van der Waals surface area (Å²) < 4.78 is 5.15. The highest BCUT2D eigenvalue weighted by Gasteiger charge is 2.21. The third kappa shape index (κ3) is 3.84. The summed E-state index contributed by atoms with van der Waals surface area (Å²) in [5.74, 6) is 0.373. The molecule has 106 valence electrons. The number of hydrogen-bond donors (Lipinski definition) is 0. The molecule has 5 heteroatoms. The molecule has 1 amide bonds. The van der Waals surface area contributed by atoms with Gasteiger partial charge in [-0.15, -0.1) is 0 Å². The van der Waals surface area contributed by atoms with Crippen molar-refractivity contribution in [1.29, 1.82) is 10.5 Å². The van der Waals surface area contributed by atoms with Gasteiger partial charge in [-0.1, -0.05) is 12.1 Å². The predicted molar refractivity (Wildman–Crippen MR) is 77.0 cm³/mol. The molecule has 0 unspecified atom stereocenters. The number of ether oxygens (including phenoxy) is 1. The van der Waals surface area contributed by atoms with Crippen LogP contribution in [0, 0.1) is 22.7 Å². The molecule has 0 N–H and O–H groups in total. The van der Waals surface area contributed by atoms with Crippen LogP contribution in [0.25, 0.3) is 6.08 Å². The normalized spacial score (nSPS) is 14.4. The van der Waals surface area contributed by atoms with Gasteiger partial charge in [0, 0.05) is 13.1 Å². The van der Waals surface area contributed by atoms with E-state index in [1.165, 1.54) is 0 Å². The van der Waals surface area contributed by atoms with Gasteiger partial charge >= 0.3 is 0 Å². The Labute approximate surface area is 123 Å². The van der Waals surface area contributed by atoms with Crippen molar-refractivity contribution in [2.24, 2.45) is 0 Å². The molecule has 1 aliphatic rings. The molecule has 1 aliphatic heterocycles. The summed E-state index contributed by atoms with van der Waals surface area (Å²) in [5.41, 5.74) is 0.894. The van der Waals surface area contributed by atoms with Crippen molar-refractivity contribution in [3.63, 3.8) is 0 Å². The topological polar surface area (TPSA) is 77.1 Å². The van der Waals surface area contributed by atoms with Crippen LogP contribution < -0.4 is 4.74 Å². The van der Waals surface area contributed by atoms with Crippen LogP contribution in [0.3, 0.4) is 0 Å². The first kappa shape index (κ1) is 14.6. The number of hydrogen-bond acceptors (Lipinski definition) is 4. The molecule has 0 bridgehead atoms. The van der Waals surface area contributed by atoms with Crippen LogP contribution in [-0.4, -0.2) is 30.5 Å². The Kier molecular flexibility index (Phi) is 4.95. The van der Waals surface area contributed by atoms with Crippen molar-refractivity contribution < 1.29 is 9.53 Å². The molecule has 1 aromatic carbocycles. The molecule has 0 spiro atoms. The van der Waals surface area contributed by atoms with Gasteiger partial charge in [0.05, 0.1) is 0 Å². The lowest BCUT2D eigenvalue weighted by Crippen LogP contribution is -2.28. The lowest BCUT2D eigenvalue weighted by Gasteiger charge is -2.14. The second-order valence-electron chi connectivity index (χ2n) is 4.68. The van der Waals surface area contributed by atoms with Crippen LogP contribution in [0.2, 0.25) is 0 Å². The summed E-state index contributed by atoms with van der Waals surface area (Å²) in [5, 5.41) is 17.6. The first-order valence-corrected chi connectivity index (χ1v) is 6.75. The van der Waals surface area contributed by atoms with Crippen molar-refractivity contribution in [3.05, 3.63) is 35.4 Å². The van der Waals surface area contributed by atoms with Gasteiger partial charge in [0.1, 0.15) is 23.5 Å². The third-order valence-corrected chi connectivity index (χ3v) is 3.24. The number of nitrogens with zero attached hydrogens (tertiary/aromatic N) is 3. The lowest BCUT2D eigenvalue weighted by molar-refractivity contribution is -0.125. The molecule has 0 aromatic heterocycles. The van der Waals surface area contributed by atoms with Crippen molar-refractivity contribution in [2.45, 2.75) is 12.8 Å². The van der Waals surface area contributed by atoms with E-state index in [9.17, 15) is 4.79 Å². The Morgan fingerprint density at radius 1 is 1.24 bits per heavy atom. The number of carbonyl (C=O) groups is 1. The zero-order valence-corrected chi connectivity index (χ0v) is 11.6. The average molecular weight is 281 g/mol. The number of benzene rings is 1. The molecule has 21 heavy (non-hydrogen) atoms. The van der Waals surface area contributed by atoms with Crippen LogP contribution in [0.5, 0.6) is 5.75 Å². The first-order chi connectivity index (χ1) is 10.2. The van der Waals surface area contributed by atoms with E-state index >= 15 is 0 Å². The molecule has 1 heterocycles. The van der Waals surface area contributed by atoms with Crippen LogP contribution in [0.1, 0.15) is 18.4 Å². The van der Waals surface area contributed by atoms with Crippen molar-refractivity contribution in [2.75, 3.05) is 19.7 Å². The van der Waals surface area contributed by atoms with Crippen LogP contribution >= 0.6 is 0 Å². The summed E-state index contributed by atoms with van der Waals surface area (Å²) in [6.45, 7) is 1.43. The maximum absolute atomic E-state index is 12.2. The van der Waals surface area contributed by atoms with E-state index in [-0.39, 0.29) is 18.1 Å². The predicted octanol–water partition coefficient (Wildman–Crippen LogP) is 2.12. The summed E-state index contributed by atoms with van der Waals surface area (Å²) in [7, 11) is 0. The van der Waals surface area contributed by atoms with E-state index < -0.39 is 0 Å². The highest BCUT2D eigenvalue weighted by molar-refractivity contribution is 6.01. The standard InChI is InChI=1S/C16H15N3O2/c17-7-10-21-15-5-3-13(4-6-15)11-14(12-18)16(20)19-8-1-2-9-19/h3-6,11H,1-2,8-10H2/b14-11+. The van der Waals surface area contributed by atoms with E-state index in [0.717, 1.165) is 31.5 Å². The largest absolute Gasteiger partial charge is 0.479 e. The molecule has 0 atom stereocenters. The van der Waals surface area contributed by atoms with Gasteiger partial charge in [-0.05, 0) is 36.6 Å². The molecular formula is C16H15N3O2. The number of rotatable bonds is 4. The quantitative estimate of drug-likeness (QED) is 0.625. The number of carbonyl (C=O) groups excluding carboxylic acids is 1. The zero-order chi connectivity index (χ0) is 15.1. The van der Waals surface area contributed by atoms with Gasteiger partial charge < -0.3 is 9.64 Å². The number of amides is 1. The highest BCUT2D eigenvalue weighted by atomic mass is 16.5. The Morgan fingerprint density at radius 2 is 1.90 bits per heavy atom. The zero-order valence-electron chi connectivity index (χ0n) is 11.6. The van der Waals surface area contributed by atoms with Crippen LogP contribution in [0.15, 0.2) is 29.8 Å². The minimum Gasteiger partial charge on any atom is -0.479 e. The molecule has 5 nitrogen and oxygen atoms in total. The SMILES string of the molecule is N#CCOc1ccc(/C=C(\C#N)C(=O)N2CCCC2)cc1. The monoisotopic (exact) mass is 281 g/mol. The summed E-state index contributed by atoms with van der Waals surface area (Å²) in [6, 6.07) is 10.8. The average Bonchev–Trinajstić information content (AvgIpc) is 3.05. The van der Waals surface area contributed by atoms with E-state index in [1.54, 1.807) is 35.2 Å². The molecule has 0 aliphatic carbocycles. The van der Waals surface area contributed by atoms with Crippen molar-refractivity contribution in [1.82, 2.24) is 4.90 Å². The highest BCUT2D eigenvalue weighted by Crippen LogP contribution is 2.17. The first-order valence-electron chi connectivity index (χ1n) is 6.75. The van der Waals surface area contributed by atoms with E-state index in [1.807, 2.05) is 12.1 Å². The third-order valence-electron chi connectivity index (χ3n) is 3.24. The molecular weight excluding hydrogens is 266 g/mol. The molecule has 1 saturated heterocycles. The van der Waals surface area contributed by atoms with Gasteiger partial charge in [0.2, 0.25) is 0 Å². The van der Waals surface area contributed by atoms with Gasteiger partial charge in [-0.25, -0.2) is 0 Å². The Bertz CT molecular complexity index is 614. The fourth-order valence-electron chi connectivity index (χ4n) is 2.17. The molecule has 1 aromatic rings. The number of likely N-dealkylation sites (tertiary alicyclic amines) is 1. The minimum absolute atomic E-state index is 0.00786. The lowest BCUT2D eigenvalue weighted by atomic mass is 10.1. The van der Waals surface area contributed by atoms with Crippen molar-refractivity contribution in [3.8, 4) is 17.9 Å². The molecule has 2 rings (SSSR count). The van der Waals surface area contributed by atoms with E-state index in [4.69, 9.17) is 15.3 Å². The Morgan fingerprint density at radius 3 is 2.48 bits per heavy atom. The molecule has 1 fully saturated rings. The second-order valence-corrected chi connectivity index (χ2v) is 4.68. The van der Waals surface area contributed by atoms with E-state index in [0.29, 0.717) is 5.75 Å². The van der Waals surface area contributed by atoms with Crippen LogP contribution in [0.4, 0.5) is 0 Å². The second kappa shape index (κ2) is 7.12. The Hall–Kier alpha value is -2.79. The van der Waals surface area contributed by atoms with Gasteiger partial charge in [0.25, 0.3) is 5.91 Å². The molecule has 0 radical (unpaired) electrons. The summed E-state index contributed by atoms with van der Waals surface area (Å²) in [6.07, 6.45) is 3.57. The fourth-order valence-corrected chi connectivity index (χ4v) is 2.17. The van der Waals surface area contributed by atoms with Gasteiger partial charge in [-0.3, -0.25) is 4.79 Å². The summed E-state index contributed by atoms with van der Waals surface area (Å²) >= 11 is 0. The van der Waals surface area contributed by atoms with Crippen LogP contribution in [-0.2, 0) is 4.79 Å². The van der Waals surface area contributed by atoms with E-state index in [2.05, 4.69) is 0 Å². The van der Waals surface area contributed by atoms with Gasteiger partial charge in [0.15, 0.2) is 6.61 Å². The summed E-state index contributed by atoms with van der Waals surface area (Å²) in [4.78, 5) is 13.9. The van der Waals surface area contributed by atoms with Crippen molar-refractivity contribution >= 4 is 12.0 Å². The molecule has 0 saturated carbocycles. The fraction of sp³-hybridized carbons (Fsp3) is 0.312. The van der Waals surface area contributed by atoms with Gasteiger partial charge in [-0.2, -0.15) is 10.5 Å². The Balaban J connectivity index is 2.10.